The molecule has 0 radical (unpaired) electrons. The Morgan fingerprint density at radius 3 is 2.51 bits per heavy atom. The van der Waals surface area contributed by atoms with Crippen LogP contribution >= 0.6 is 47.2 Å². The van der Waals surface area contributed by atoms with E-state index in [0.29, 0.717) is 37.4 Å². The lowest BCUT2D eigenvalue weighted by molar-refractivity contribution is -0.113. The van der Waals surface area contributed by atoms with Crippen LogP contribution in [0.4, 0.5) is 5.69 Å². The van der Waals surface area contributed by atoms with E-state index in [4.69, 9.17) is 44.9 Å². The molecule has 0 aliphatic carbocycles. The maximum atomic E-state index is 13.2. The zero-order valence-corrected chi connectivity index (χ0v) is 22.6. The summed E-state index contributed by atoms with van der Waals surface area (Å²) in [7, 11) is 0. The van der Waals surface area contributed by atoms with Crippen molar-refractivity contribution in [2.75, 3.05) is 11.5 Å². The van der Waals surface area contributed by atoms with Crippen molar-refractivity contribution in [3.63, 3.8) is 0 Å². The van der Waals surface area contributed by atoms with Gasteiger partial charge in [0, 0.05) is 15.6 Å². The van der Waals surface area contributed by atoms with E-state index in [1.165, 1.54) is 11.8 Å². The molecule has 1 fully saturated rings. The predicted octanol–water partition coefficient (Wildman–Crippen LogP) is 7.99. The van der Waals surface area contributed by atoms with Crippen LogP contribution in [0.15, 0.2) is 59.5 Å². The van der Waals surface area contributed by atoms with Crippen LogP contribution in [0.5, 0.6) is 11.5 Å². The van der Waals surface area contributed by atoms with Gasteiger partial charge in [0.05, 0.1) is 17.2 Å². The van der Waals surface area contributed by atoms with Crippen LogP contribution in [0, 0.1) is 13.8 Å². The molecule has 1 saturated heterocycles. The van der Waals surface area contributed by atoms with Crippen molar-refractivity contribution in [1.82, 2.24) is 0 Å². The molecule has 3 aromatic carbocycles. The summed E-state index contributed by atoms with van der Waals surface area (Å²) in [5.41, 5.74) is 4.57. The Morgan fingerprint density at radius 1 is 1.00 bits per heavy atom. The monoisotopic (exact) mass is 543 g/mol. The molecule has 1 amide bonds. The molecule has 1 aliphatic rings. The number of rotatable bonds is 7. The lowest BCUT2D eigenvalue weighted by Gasteiger charge is -2.17. The number of carbonyl (C=O) groups excluding carboxylic acids is 1. The summed E-state index contributed by atoms with van der Waals surface area (Å²) in [6.07, 6.45) is 1.82. The first kappa shape index (κ1) is 25.6. The van der Waals surface area contributed by atoms with Crippen molar-refractivity contribution < 1.29 is 14.3 Å². The molecule has 180 valence electrons. The largest absolute Gasteiger partial charge is 0.490 e. The molecule has 0 atom stereocenters. The van der Waals surface area contributed by atoms with E-state index in [9.17, 15) is 4.79 Å². The van der Waals surface area contributed by atoms with Crippen molar-refractivity contribution in [3.8, 4) is 11.5 Å². The van der Waals surface area contributed by atoms with Gasteiger partial charge in [-0.05, 0) is 68.3 Å². The third-order valence-electron chi connectivity index (χ3n) is 5.35. The summed E-state index contributed by atoms with van der Waals surface area (Å²) < 4.78 is 12.3. The van der Waals surface area contributed by atoms with E-state index >= 15 is 0 Å². The Balaban J connectivity index is 1.57. The number of hydrogen-bond donors (Lipinski definition) is 0. The number of amides is 1. The van der Waals surface area contributed by atoms with Gasteiger partial charge in [0.15, 0.2) is 15.8 Å². The third-order valence-corrected chi connectivity index (χ3v) is 7.24. The van der Waals surface area contributed by atoms with Crippen molar-refractivity contribution in [3.05, 3.63) is 91.8 Å². The molecule has 4 rings (SSSR count). The van der Waals surface area contributed by atoms with Crippen LogP contribution in [0.25, 0.3) is 6.08 Å². The molecule has 1 heterocycles. The van der Waals surface area contributed by atoms with Gasteiger partial charge in [0.1, 0.15) is 6.61 Å². The van der Waals surface area contributed by atoms with E-state index in [1.807, 2.05) is 69.3 Å². The van der Waals surface area contributed by atoms with Gasteiger partial charge < -0.3 is 9.47 Å². The molecule has 35 heavy (non-hydrogen) atoms. The number of carbonyl (C=O) groups is 1. The second kappa shape index (κ2) is 11.0. The molecule has 0 bridgehead atoms. The minimum absolute atomic E-state index is 0.136. The van der Waals surface area contributed by atoms with Crippen LogP contribution in [0.1, 0.15) is 29.2 Å². The summed E-state index contributed by atoms with van der Waals surface area (Å²) in [4.78, 5) is 15.4. The summed E-state index contributed by atoms with van der Waals surface area (Å²) in [5, 5.41) is 1.11. The molecule has 0 unspecified atom stereocenters. The highest BCUT2D eigenvalue weighted by atomic mass is 35.5. The van der Waals surface area contributed by atoms with Crippen LogP contribution < -0.4 is 14.4 Å². The summed E-state index contributed by atoms with van der Waals surface area (Å²) in [6.45, 7) is 6.64. The quantitative estimate of drug-likeness (QED) is 0.223. The standard InChI is InChI=1S/C27H23Cl2NO3S2/c1-4-32-24-12-18(6-10-23(24)33-15-19-7-8-20(28)14-21(19)29)13-25-26(31)30(27(34)35-25)22-9-5-16(2)11-17(22)3/h5-14H,4,15H2,1-3H3/b25-13-. The molecular weight excluding hydrogens is 521 g/mol. The summed E-state index contributed by atoms with van der Waals surface area (Å²) in [5.74, 6) is 1.02. The first-order chi connectivity index (χ1) is 16.8. The first-order valence-electron chi connectivity index (χ1n) is 11.0. The zero-order chi connectivity index (χ0) is 25.1. The summed E-state index contributed by atoms with van der Waals surface area (Å²) >= 11 is 19.1. The van der Waals surface area contributed by atoms with Crippen LogP contribution in [0.2, 0.25) is 10.0 Å². The highest BCUT2D eigenvalue weighted by Crippen LogP contribution is 2.38. The first-order valence-corrected chi connectivity index (χ1v) is 12.9. The lowest BCUT2D eigenvalue weighted by atomic mass is 10.1. The second-order valence-corrected chi connectivity index (χ2v) is 10.5. The lowest BCUT2D eigenvalue weighted by Crippen LogP contribution is -2.28. The Bertz CT molecular complexity index is 1340. The number of thiocarbonyl (C=S) groups is 1. The van der Waals surface area contributed by atoms with Gasteiger partial charge in [0.25, 0.3) is 5.91 Å². The maximum absolute atomic E-state index is 13.2. The van der Waals surface area contributed by atoms with E-state index in [-0.39, 0.29) is 12.5 Å². The predicted molar refractivity (Wildman–Crippen MR) is 150 cm³/mol. The SMILES string of the molecule is CCOc1cc(/C=C2\SC(=S)N(c3ccc(C)cc3C)C2=O)ccc1OCc1ccc(Cl)cc1Cl. The van der Waals surface area contributed by atoms with E-state index in [1.54, 1.807) is 17.0 Å². The molecule has 0 spiro atoms. The van der Waals surface area contributed by atoms with E-state index in [2.05, 4.69) is 0 Å². The fourth-order valence-corrected chi connectivity index (χ4v) is 5.43. The third kappa shape index (κ3) is 5.84. The minimum atomic E-state index is -0.136. The number of nitrogens with zero attached hydrogens (tertiary/aromatic N) is 1. The maximum Gasteiger partial charge on any atom is 0.270 e. The number of benzene rings is 3. The molecular formula is C27H23Cl2NO3S2. The molecule has 8 heteroatoms. The number of ether oxygens (including phenoxy) is 2. The van der Waals surface area contributed by atoms with E-state index in [0.717, 1.165) is 27.9 Å². The van der Waals surface area contributed by atoms with Gasteiger partial charge in [-0.3, -0.25) is 9.69 Å². The van der Waals surface area contributed by atoms with Gasteiger partial charge in [-0.1, -0.05) is 77.0 Å². The molecule has 1 aliphatic heterocycles. The number of aryl methyl sites for hydroxylation is 2. The number of thioether (sulfide) groups is 1. The van der Waals surface area contributed by atoms with Gasteiger partial charge in [-0.2, -0.15) is 0 Å². The normalized spacial score (nSPS) is 14.7. The van der Waals surface area contributed by atoms with Crippen LogP contribution in [0.3, 0.4) is 0 Å². The van der Waals surface area contributed by atoms with Gasteiger partial charge in [-0.15, -0.1) is 0 Å². The molecule has 4 nitrogen and oxygen atoms in total. The molecule has 0 saturated carbocycles. The second-order valence-electron chi connectivity index (χ2n) is 7.97. The Hall–Kier alpha value is -2.51. The minimum Gasteiger partial charge on any atom is -0.490 e. The topological polar surface area (TPSA) is 38.8 Å². The molecule has 3 aromatic rings. The number of hydrogen-bond acceptors (Lipinski definition) is 5. The molecule has 0 N–H and O–H groups in total. The van der Waals surface area contributed by atoms with E-state index < -0.39 is 0 Å². The highest BCUT2D eigenvalue weighted by Gasteiger charge is 2.34. The number of anilines is 1. The fourth-order valence-electron chi connectivity index (χ4n) is 3.68. The molecule has 0 aromatic heterocycles. The van der Waals surface area contributed by atoms with Gasteiger partial charge >= 0.3 is 0 Å². The Kier molecular flexibility index (Phi) is 8.07. The summed E-state index contributed by atoms with van der Waals surface area (Å²) in [6, 6.07) is 16.8. The van der Waals surface area contributed by atoms with Crippen molar-refractivity contribution >= 4 is 69.2 Å². The van der Waals surface area contributed by atoms with Crippen molar-refractivity contribution in [1.29, 1.82) is 0 Å². The highest BCUT2D eigenvalue weighted by molar-refractivity contribution is 8.27. The average molecular weight is 545 g/mol. The van der Waals surface area contributed by atoms with Gasteiger partial charge in [-0.25, -0.2) is 0 Å². The fraction of sp³-hybridized carbons (Fsp3) is 0.185. The van der Waals surface area contributed by atoms with Crippen LogP contribution in [-0.4, -0.2) is 16.8 Å². The van der Waals surface area contributed by atoms with Crippen molar-refractivity contribution in [2.24, 2.45) is 0 Å². The average Bonchev–Trinajstić information content (AvgIpc) is 3.07. The Morgan fingerprint density at radius 2 is 1.80 bits per heavy atom. The van der Waals surface area contributed by atoms with Crippen LogP contribution in [-0.2, 0) is 11.4 Å². The Labute approximate surface area is 224 Å². The number of halogens is 2. The van der Waals surface area contributed by atoms with Gasteiger partial charge in [0.2, 0.25) is 0 Å². The smallest absolute Gasteiger partial charge is 0.270 e. The zero-order valence-electron chi connectivity index (χ0n) is 19.4. The van der Waals surface area contributed by atoms with Crippen molar-refractivity contribution in [2.45, 2.75) is 27.4 Å².